The Morgan fingerprint density at radius 2 is 1.82 bits per heavy atom. The largest absolute Gasteiger partial charge is 0.573 e. The van der Waals surface area contributed by atoms with Gasteiger partial charge in [0.05, 0.1) is 17.9 Å². The molecule has 2 aromatic rings. The van der Waals surface area contributed by atoms with Gasteiger partial charge in [0.2, 0.25) is 0 Å². The zero-order valence-electron chi connectivity index (χ0n) is 15.4. The fourth-order valence-electron chi connectivity index (χ4n) is 3.33. The van der Waals surface area contributed by atoms with Crippen LogP contribution in [0.4, 0.5) is 17.6 Å². The molecule has 0 amide bonds. The van der Waals surface area contributed by atoms with Gasteiger partial charge in [-0.3, -0.25) is 9.88 Å². The van der Waals surface area contributed by atoms with E-state index in [-0.39, 0.29) is 42.1 Å². The minimum absolute atomic E-state index is 0. The molecule has 1 aromatic carbocycles. The lowest BCUT2D eigenvalue weighted by molar-refractivity contribution is -0.274. The average molecular weight is 420 g/mol. The predicted octanol–water partition coefficient (Wildman–Crippen LogP) is 4.31. The fraction of sp³-hybridized carbons (Fsp3) is 0.421. The topological polar surface area (TPSA) is 37.4 Å². The van der Waals surface area contributed by atoms with Crippen LogP contribution in [0, 0.1) is 5.82 Å². The van der Waals surface area contributed by atoms with Crippen molar-refractivity contribution in [2.75, 3.05) is 13.1 Å². The highest BCUT2D eigenvalue weighted by Gasteiger charge is 2.33. The summed E-state index contributed by atoms with van der Waals surface area (Å²) in [5, 5.41) is 3.40. The third-order valence-corrected chi connectivity index (χ3v) is 4.60. The van der Waals surface area contributed by atoms with Crippen molar-refractivity contribution in [1.82, 2.24) is 15.2 Å². The Hall–Kier alpha value is -1.90. The normalized spacial score (nSPS) is 21.6. The standard InChI is InChI=1S/C19H21F4N3O.ClH/c1-12-11-26(13(2)9-24-12)18(14-3-5-15(20)6-4-14)17-8-7-16(10-25-17)27-19(21,22)23;/h3-8,10,12-13,18,24H,9,11H2,1-2H3;1H/t12-,13+,18?;/m0./s1. The van der Waals surface area contributed by atoms with Crippen molar-refractivity contribution in [3.05, 3.63) is 59.7 Å². The SMILES string of the molecule is C[C@@H]1CN[C@@H](C)CN1C(c1ccc(F)cc1)c1ccc(OC(F)(F)F)cn1.Cl. The van der Waals surface area contributed by atoms with Gasteiger partial charge >= 0.3 is 6.36 Å². The predicted molar refractivity (Wildman–Crippen MR) is 100 cm³/mol. The summed E-state index contributed by atoms with van der Waals surface area (Å²) in [7, 11) is 0. The van der Waals surface area contributed by atoms with Crippen molar-refractivity contribution in [3.63, 3.8) is 0 Å². The van der Waals surface area contributed by atoms with Crippen LogP contribution in [0.2, 0.25) is 0 Å². The first-order valence-electron chi connectivity index (χ1n) is 8.69. The third kappa shape index (κ3) is 5.56. The van der Waals surface area contributed by atoms with Gasteiger partial charge in [0.25, 0.3) is 0 Å². The van der Waals surface area contributed by atoms with E-state index in [0.29, 0.717) is 5.69 Å². The molecule has 2 heterocycles. The van der Waals surface area contributed by atoms with Gasteiger partial charge in [-0.1, -0.05) is 12.1 Å². The van der Waals surface area contributed by atoms with Gasteiger partial charge in [0.15, 0.2) is 0 Å². The molecule has 9 heteroatoms. The number of nitrogens with zero attached hydrogens (tertiary/aromatic N) is 2. The van der Waals surface area contributed by atoms with Crippen LogP contribution in [0.25, 0.3) is 0 Å². The number of rotatable bonds is 4. The van der Waals surface area contributed by atoms with Crippen molar-refractivity contribution < 1.29 is 22.3 Å². The van der Waals surface area contributed by atoms with Gasteiger partial charge in [-0.2, -0.15) is 0 Å². The Morgan fingerprint density at radius 1 is 1.14 bits per heavy atom. The lowest BCUT2D eigenvalue weighted by Gasteiger charge is -2.42. The Bertz CT molecular complexity index is 755. The van der Waals surface area contributed by atoms with E-state index in [1.54, 1.807) is 12.1 Å². The molecule has 3 atom stereocenters. The molecular formula is C19H22ClF4N3O. The maximum Gasteiger partial charge on any atom is 0.573 e. The molecule has 1 N–H and O–H groups in total. The van der Waals surface area contributed by atoms with Gasteiger partial charge in [0, 0.05) is 25.2 Å². The Morgan fingerprint density at radius 3 is 2.39 bits per heavy atom. The van der Waals surface area contributed by atoms with Crippen LogP contribution >= 0.6 is 12.4 Å². The maximum absolute atomic E-state index is 13.4. The minimum atomic E-state index is -4.76. The van der Waals surface area contributed by atoms with Gasteiger partial charge in [-0.25, -0.2) is 4.39 Å². The van der Waals surface area contributed by atoms with E-state index in [9.17, 15) is 17.6 Å². The molecule has 1 fully saturated rings. The number of alkyl halides is 3. The number of ether oxygens (including phenoxy) is 1. The number of aromatic nitrogens is 1. The van der Waals surface area contributed by atoms with Crippen molar-refractivity contribution in [1.29, 1.82) is 0 Å². The van der Waals surface area contributed by atoms with E-state index in [2.05, 4.69) is 33.8 Å². The van der Waals surface area contributed by atoms with Gasteiger partial charge in [-0.15, -0.1) is 25.6 Å². The maximum atomic E-state index is 13.4. The minimum Gasteiger partial charge on any atom is -0.404 e. The Kier molecular flexibility index (Phi) is 7.25. The molecule has 1 saturated heterocycles. The smallest absolute Gasteiger partial charge is 0.404 e. The Balaban J connectivity index is 0.00000280. The van der Waals surface area contributed by atoms with Crippen LogP contribution in [-0.4, -0.2) is 41.4 Å². The second-order valence-electron chi connectivity index (χ2n) is 6.78. The van der Waals surface area contributed by atoms with Crippen molar-refractivity contribution >= 4 is 12.4 Å². The highest BCUT2D eigenvalue weighted by molar-refractivity contribution is 5.85. The molecule has 1 aliphatic rings. The molecule has 0 saturated carbocycles. The summed E-state index contributed by atoms with van der Waals surface area (Å²) in [6, 6.07) is 9.00. The fourth-order valence-corrected chi connectivity index (χ4v) is 3.33. The molecule has 4 nitrogen and oxygen atoms in total. The highest BCUT2D eigenvalue weighted by atomic mass is 35.5. The molecule has 0 spiro atoms. The van der Waals surface area contributed by atoms with E-state index in [4.69, 9.17) is 0 Å². The third-order valence-electron chi connectivity index (χ3n) is 4.60. The van der Waals surface area contributed by atoms with Crippen molar-refractivity contribution in [2.45, 2.75) is 38.3 Å². The monoisotopic (exact) mass is 419 g/mol. The molecule has 1 aromatic heterocycles. The van der Waals surface area contributed by atoms with E-state index in [1.165, 1.54) is 24.3 Å². The number of benzene rings is 1. The van der Waals surface area contributed by atoms with Gasteiger partial charge in [-0.05, 0) is 43.7 Å². The first-order valence-corrected chi connectivity index (χ1v) is 8.69. The number of piperazine rings is 1. The van der Waals surface area contributed by atoms with Crippen LogP contribution in [0.15, 0.2) is 42.6 Å². The molecule has 28 heavy (non-hydrogen) atoms. The van der Waals surface area contributed by atoms with Crippen LogP contribution in [0.3, 0.4) is 0 Å². The lowest BCUT2D eigenvalue weighted by Crippen LogP contribution is -2.55. The van der Waals surface area contributed by atoms with Crippen molar-refractivity contribution in [2.24, 2.45) is 0 Å². The zero-order chi connectivity index (χ0) is 19.6. The van der Waals surface area contributed by atoms with Crippen molar-refractivity contribution in [3.8, 4) is 5.75 Å². The quantitative estimate of drug-likeness (QED) is 0.749. The van der Waals surface area contributed by atoms with Crippen LogP contribution in [0.1, 0.15) is 31.1 Å². The number of hydrogen-bond acceptors (Lipinski definition) is 4. The molecular weight excluding hydrogens is 398 g/mol. The van der Waals surface area contributed by atoms with Gasteiger partial charge in [0.1, 0.15) is 11.6 Å². The van der Waals surface area contributed by atoms with E-state index < -0.39 is 6.36 Å². The van der Waals surface area contributed by atoms with Crippen LogP contribution in [-0.2, 0) is 0 Å². The summed E-state index contributed by atoms with van der Waals surface area (Å²) < 4.78 is 54.5. The molecule has 1 unspecified atom stereocenters. The first-order chi connectivity index (χ1) is 12.7. The van der Waals surface area contributed by atoms with E-state index in [1.807, 2.05) is 0 Å². The highest BCUT2D eigenvalue weighted by Crippen LogP contribution is 2.32. The van der Waals surface area contributed by atoms with E-state index in [0.717, 1.165) is 24.8 Å². The van der Waals surface area contributed by atoms with Crippen LogP contribution < -0.4 is 10.1 Å². The summed E-state index contributed by atoms with van der Waals surface area (Å²) in [5.74, 6) is -0.716. The second-order valence-corrected chi connectivity index (χ2v) is 6.78. The Labute approximate surface area is 167 Å². The molecule has 1 aliphatic heterocycles. The van der Waals surface area contributed by atoms with E-state index >= 15 is 0 Å². The number of pyridine rings is 1. The second kappa shape index (κ2) is 9.07. The molecule has 154 valence electrons. The molecule has 3 rings (SSSR count). The van der Waals surface area contributed by atoms with Crippen LogP contribution in [0.5, 0.6) is 5.75 Å². The summed E-state index contributed by atoms with van der Waals surface area (Å²) in [6.07, 6.45) is -3.70. The first kappa shape index (κ1) is 22.4. The molecule has 0 radical (unpaired) electrons. The summed E-state index contributed by atoms with van der Waals surface area (Å²) in [4.78, 5) is 6.44. The number of halogens is 5. The van der Waals surface area contributed by atoms with Gasteiger partial charge < -0.3 is 10.1 Å². The zero-order valence-corrected chi connectivity index (χ0v) is 16.2. The average Bonchev–Trinajstić information content (AvgIpc) is 2.60. The lowest BCUT2D eigenvalue weighted by atomic mass is 9.97. The summed E-state index contributed by atoms with van der Waals surface area (Å²) in [5.41, 5.74) is 1.41. The summed E-state index contributed by atoms with van der Waals surface area (Å²) in [6.45, 7) is 5.63. The molecule has 0 bridgehead atoms. The summed E-state index contributed by atoms with van der Waals surface area (Å²) >= 11 is 0. The number of nitrogens with one attached hydrogen (secondary N) is 1. The number of hydrogen-bond donors (Lipinski definition) is 1. The molecule has 0 aliphatic carbocycles.